The number of aliphatic hydroxyl groups is 1. The van der Waals surface area contributed by atoms with Gasteiger partial charge in [0.1, 0.15) is 18.5 Å². The highest BCUT2D eigenvalue weighted by atomic mass is 79.9. The molecule has 0 aliphatic rings. The van der Waals surface area contributed by atoms with E-state index in [0.717, 1.165) is 29.5 Å². The minimum absolute atomic E-state index is 0.303. The molecular weight excluding hydrogens is 318 g/mol. The van der Waals surface area contributed by atoms with Crippen LogP contribution in [0.4, 0.5) is 0 Å². The molecule has 2 N–H and O–H groups in total. The summed E-state index contributed by atoms with van der Waals surface area (Å²) in [5.41, 5.74) is 1.18. The van der Waals surface area contributed by atoms with Gasteiger partial charge in [-0.25, -0.2) is 0 Å². The molecule has 4 heteroatoms. The van der Waals surface area contributed by atoms with E-state index in [9.17, 15) is 5.11 Å². The van der Waals surface area contributed by atoms with Crippen molar-refractivity contribution in [2.75, 3.05) is 13.2 Å². The number of benzene rings is 1. The highest BCUT2D eigenvalue weighted by Gasteiger charge is 2.10. The fourth-order valence-corrected chi connectivity index (χ4v) is 2.68. The first-order valence-electron chi connectivity index (χ1n) is 7.37. The summed E-state index contributed by atoms with van der Waals surface area (Å²) in [6.45, 7) is 7.25. The molecule has 0 saturated heterocycles. The molecule has 3 nitrogen and oxygen atoms in total. The predicted molar refractivity (Wildman–Crippen MR) is 87.4 cm³/mol. The van der Waals surface area contributed by atoms with Gasteiger partial charge in [-0.05, 0) is 53.4 Å². The van der Waals surface area contributed by atoms with E-state index in [-0.39, 0.29) is 0 Å². The molecule has 1 aromatic carbocycles. The van der Waals surface area contributed by atoms with Crippen molar-refractivity contribution in [2.24, 2.45) is 0 Å². The second-order valence-electron chi connectivity index (χ2n) is 5.20. The summed E-state index contributed by atoms with van der Waals surface area (Å²) in [5, 5.41) is 13.4. The Morgan fingerprint density at radius 2 is 2.10 bits per heavy atom. The van der Waals surface area contributed by atoms with Gasteiger partial charge in [-0.15, -0.1) is 0 Å². The molecule has 0 radical (unpaired) electrons. The van der Waals surface area contributed by atoms with Crippen LogP contribution in [0.15, 0.2) is 22.7 Å². The maximum atomic E-state index is 9.97. The van der Waals surface area contributed by atoms with Crippen LogP contribution in [0, 0.1) is 6.92 Å². The Kier molecular flexibility index (Phi) is 8.19. The minimum Gasteiger partial charge on any atom is -0.490 e. The summed E-state index contributed by atoms with van der Waals surface area (Å²) in [7, 11) is 0. The lowest BCUT2D eigenvalue weighted by atomic mass is 10.1. The van der Waals surface area contributed by atoms with Crippen LogP contribution in [0.2, 0.25) is 0 Å². The zero-order valence-corrected chi connectivity index (χ0v) is 14.2. The van der Waals surface area contributed by atoms with Crippen molar-refractivity contribution in [3.05, 3.63) is 28.2 Å². The Bertz CT molecular complexity index is 398. The third-order valence-corrected chi connectivity index (χ3v) is 3.91. The molecule has 0 amide bonds. The van der Waals surface area contributed by atoms with E-state index in [1.54, 1.807) is 0 Å². The van der Waals surface area contributed by atoms with Gasteiger partial charge in [0.2, 0.25) is 0 Å². The van der Waals surface area contributed by atoms with Gasteiger partial charge in [-0.2, -0.15) is 0 Å². The maximum Gasteiger partial charge on any atom is 0.133 e. The maximum absolute atomic E-state index is 9.97. The fourth-order valence-electron chi connectivity index (χ4n) is 2.07. The van der Waals surface area contributed by atoms with Crippen molar-refractivity contribution in [3.63, 3.8) is 0 Å². The minimum atomic E-state index is -0.492. The van der Waals surface area contributed by atoms with Gasteiger partial charge in [0.25, 0.3) is 0 Å². The molecule has 0 aliphatic carbocycles. The number of ether oxygens (including phenoxy) is 1. The SMILES string of the molecule is CCCC(CC)NCC(O)COc1ccc(C)cc1Br. The van der Waals surface area contributed by atoms with Gasteiger partial charge >= 0.3 is 0 Å². The van der Waals surface area contributed by atoms with Crippen molar-refractivity contribution >= 4 is 15.9 Å². The Morgan fingerprint density at radius 3 is 2.70 bits per heavy atom. The van der Waals surface area contributed by atoms with E-state index in [0.29, 0.717) is 19.2 Å². The smallest absolute Gasteiger partial charge is 0.133 e. The van der Waals surface area contributed by atoms with Crippen LogP contribution >= 0.6 is 15.9 Å². The van der Waals surface area contributed by atoms with Crippen LogP contribution in [0.25, 0.3) is 0 Å². The van der Waals surface area contributed by atoms with Crippen molar-refractivity contribution in [2.45, 2.75) is 52.2 Å². The van der Waals surface area contributed by atoms with Crippen LogP contribution < -0.4 is 10.1 Å². The van der Waals surface area contributed by atoms with E-state index in [4.69, 9.17) is 4.74 Å². The van der Waals surface area contributed by atoms with Gasteiger partial charge < -0.3 is 15.2 Å². The first kappa shape index (κ1) is 17.5. The van der Waals surface area contributed by atoms with Crippen LogP contribution in [0.3, 0.4) is 0 Å². The van der Waals surface area contributed by atoms with E-state index < -0.39 is 6.10 Å². The molecule has 1 rings (SSSR count). The topological polar surface area (TPSA) is 41.5 Å². The molecule has 0 aliphatic heterocycles. The van der Waals surface area contributed by atoms with E-state index in [2.05, 4.69) is 35.1 Å². The summed E-state index contributed by atoms with van der Waals surface area (Å²) in [6, 6.07) is 6.42. The highest BCUT2D eigenvalue weighted by molar-refractivity contribution is 9.10. The van der Waals surface area contributed by atoms with E-state index in [1.807, 2.05) is 25.1 Å². The number of aliphatic hydroxyl groups excluding tert-OH is 1. The zero-order valence-electron chi connectivity index (χ0n) is 12.7. The van der Waals surface area contributed by atoms with Crippen LogP contribution in [-0.4, -0.2) is 30.4 Å². The number of nitrogens with one attached hydrogen (secondary N) is 1. The summed E-state index contributed by atoms with van der Waals surface area (Å²) in [4.78, 5) is 0. The molecule has 2 unspecified atom stereocenters. The standard InChI is InChI=1S/C16H26BrNO2/c1-4-6-13(5-2)18-10-14(19)11-20-16-8-7-12(3)9-15(16)17/h7-9,13-14,18-19H,4-6,10-11H2,1-3H3. The molecule has 20 heavy (non-hydrogen) atoms. The van der Waals surface area contributed by atoms with E-state index >= 15 is 0 Å². The normalized spacial score (nSPS) is 14.1. The first-order valence-corrected chi connectivity index (χ1v) is 8.16. The van der Waals surface area contributed by atoms with Crippen LogP contribution in [-0.2, 0) is 0 Å². The lowest BCUT2D eigenvalue weighted by molar-refractivity contribution is 0.102. The van der Waals surface area contributed by atoms with Gasteiger partial charge in [-0.3, -0.25) is 0 Å². The lowest BCUT2D eigenvalue weighted by Gasteiger charge is -2.19. The number of hydrogen-bond acceptors (Lipinski definition) is 3. The predicted octanol–water partition coefficient (Wildman–Crippen LogP) is 3.67. The summed E-state index contributed by atoms with van der Waals surface area (Å²) >= 11 is 3.47. The van der Waals surface area contributed by atoms with Gasteiger partial charge in [0, 0.05) is 12.6 Å². The Morgan fingerprint density at radius 1 is 1.35 bits per heavy atom. The lowest BCUT2D eigenvalue weighted by Crippen LogP contribution is -2.37. The van der Waals surface area contributed by atoms with E-state index in [1.165, 1.54) is 5.56 Å². The molecule has 114 valence electrons. The summed E-state index contributed by atoms with van der Waals surface area (Å²) < 4.78 is 6.57. The van der Waals surface area contributed by atoms with Crippen molar-refractivity contribution in [1.29, 1.82) is 0 Å². The quantitative estimate of drug-likeness (QED) is 0.718. The Hall–Kier alpha value is -0.580. The molecule has 0 heterocycles. The third kappa shape index (κ3) is 6.25. The molecular formula is C16H26BrNO2. The van der Waals surface area contributed by atoms with Crippen molar-refractivity contribution in [3.8, 4) is 5.75 Å². The Labute approximate surface area is 130 Å². The molecule has 0 aromatic heterocycles. The summed E-state index contributed by atoms with van der Waals surface area (Å²) in [6.07, 6.45) is 2.90. The van der Waals surface area contributed by atoms with Crippen LogP contribution in [0.1, 0.15) is 38.7 Å². The molecule has 1 aromatic rings. The first-order chi connectivity index (χ1) is 9.56. The number of aryl methyl sites for hydroxylation is 1. The average Bonchev–Trinajstić information content (AvgIpc) is 2.42. The molecule has 0 fully saturated rings. The average molecular weight is 344 g/mol. The van der Waals surface area contributed by atoms with Crippen molar-refractivity contribution < 1.29 is 9.84 Å². The third-order valence-electron chi connectivity index (χ3n) is 3.29. The molecule has 0 saturated carbocycles. The van der Waals surface area contributed by atoms with Gasteiger partial charge in [0.15, 0.2) is 0 Å². The highest BCUT2D eigenvalue weighted by Crippen LogP contribution is 2.25. The largest absolute Gasteiger partial charge is 0.490 e. The van der Waals surface area contributed by atoms with Gasteiger partial charge in [0.05, 0.1) is 4.47 Å². The number of rotatable bonds is 9. The second kappa shape index (κ2) is 9.37. The molecule has 0 spiro atoms. The molecule has 2 atom stereocenters. The summed E-state index contributed by atoms with van der Waals surface area (Å²) in [5.74, 6) is 0.773. The number of halogens is 1. The van der Waals surface area contributed by atoms with Gasteiger partial charge in [-0.1, -0.05) is 26.3 Å². The van der Waals surface area contributed by atoms with Crippen molar-refractivity contribution in [1.82, 2.24) is 5.32 Å². The van der Waals surface area contributed by atoms with Crippen LogP contribution in [0.5, 0.6) is 5.75 Å². The number of hydrogen-bond donors (Lipinski definition) is 2. The molecule has 0 bridgehead atoms. The second-order valence-corrected chi connectivity index (χ2v) is 6.06. The Balaban J connectivity index is 2.33. The monoisotopic (exact) mass is 343 g/mol. The fraction of sp³-hybridized carbons (Fsp3) is 0.625. The zero-order chi connectivity index (χ0) is 15.0.